The van der Waals surface area contributed by atoms with Gasteiger partial charge >= 0.3 is 6.18 Å². The number of aliphatic hydroxyl groups is 1. The predicted molar refractivity (Wildman–Crippen MR) is 103 cm³/mol. The van der Waals surface area contributed by atoms with Gasteiger partial charge in [-0.05, 0) is 29.8 Å². The number of carbonyl (C=O) groups excluding carboxylic acids is 1. The number of carbonyl (C=O) groups is 1. The smallest absolute Gasteiger partial charge is 0.419 e. The predicted octanol–water partition coefficient (Wildman–Crippen LogP) is 3.98. The van der Waals surface area contributed by atoms with Crippen LogP contribution in [-0.2, 0) is 17.4 Å². The van der Waals surface area contributed by atoms with E-state index in [-0.39, 0.29) is 24.3 Å². The fourth-order valence-electron chi connectivity index (χ4n) is 3.65. The summed E-state index contributed by atoms with van der Waals surface area (Å²) in [5.74, 6) is -2.04. The molecule has 2 aliphatic heterocycles. The van der Waals surface area contributed by atoms with E-state index in [9.17, 15) is 27.5 Å². The van der Waals surface area contributed by atoms with Crippen LogP contribution < -0.4 is 15.4 Å². The molecule has 1 atom stereocenters. The highest BCUT2D eigenvalue weighted by Crippen LogP contribution is 2.40. The Morgan fingerprint density at radius 2 is 2.10 bits per heavy atom. The molecule has 1 unspecified atom stereocenters. The average Bonchev–Trinajstić information content (AvgIpc) is 2.67. The summed E-state index contributed by atoms with van der Waals surface area (Å²) < 4.78 is 58.1. The number of hydrogen-bond acceptors (Lipinski definition) is 4. The first-order valence-corrected chi connectivity index (χ1v) is 9.31. The molecule has 2 aliphatic rings. The maximum Gasteiger partial charge on any atom is 0.419 e. The standard InChI is InChI=1S/C21H18F4N2O3/c22-16-8-13-11(4-5-30-19(13)9-15(16)21(23,24)25)6-20(29)27-18-3-1-2-17-14(18)7-12(28)10-26-17/h1-3,6,8-9,12,26,28H,4-5,7,10H2,(H,27,29). The van der Waals surface area contributed by atoms with Gasteiger partial charge < -0.3 is 20.5 Å². The van der Waals surface area contributed by atoms with Gasteiger partial charge in [-0.25, -0.2) is 4.39 Å². The van der Waals surface area contributed by atoms with Crippen LogP contribution in [0.5, 0.6) is 5.75 Å². The van der Waals surface area contributed by atoms with Crippen molar-refractivity contribution in [1.82, 2.24) is 0 Å². The zero-order valence-corrected chi connectivity index (χ0v) is 15.6. The van der Waals surface area contributed by atoms with E-state index < -0.39 is 29.6 Å². The average molecular weight is 422 g/mol. The Balaban J connectivity index is 1.62. The van der Waals surface area contributed by atoms with E-state index in [1.165, 1.54) is 6.08 Å². The number of halogens is 4. The molecule has 0 fully saturated rings. The molecule has 0 saturated carbocycles. The molecule has 2 heterocycles. The van der Waals surface area contributed by atoms with Crippen molar-refractivity contribution in [2.45, 2.75) is 25.1 Å². The van der Waals surface area contributed by atoms with E-state index in [1.54, 1.807) is 12.1 Å². The van der Waals surface area contributed by atoms with Gasteiger partial charge in [0.05, 0.1) is 18.3 Å². The topological polar surface area (TPSA) is 70.6 Å². The molecular formula is C21H18F4N2O3. The second-order valence-corrected chi connectivity index (χ2v) is 7.15. The molecule has 2 aromatic carbocycles. The maximum absolute atomic E-state index is 14.0. The summed E-state index contributed by atoms with van der Waals surface area (Å²) in [4.78, 5) is 12.6. The summed E-state index contributed by atoms with van der Waals surface area (Å²) in [6.45, 7) is 0.489. The van der Waals surface area contributed by atoms with Crippen LogP contribution in [0.1, 0.15) is 23.1 Å². The third-order valence-corrected chi connectivity index (χ3v) is 5.06. The number of hydrogen-bond donors (Lipinski definition) is 3. The van der Waals surface area contributed by atoms with Crippen molar-refractivity contribution in [3.63, 3.8) is 0 Å². The van der Waals surface area contributed by atoms with Gasteiger partial charge in [0.15, 0.2) is 0 Å². The molecule has 5 nitrogen and oxygen atoms in total. The van der Waals surface area contributed by atoms with Gasteiger partial charge in [0, 0.05) is 48.0 Å². The minimum Gasteiger partial charge on any atom is -0.493 e. The quantitative estimate of drug-likeness (QED) is 0.506. The number of anilines is 2. The van der Waals surface area contributed by atoms with E-state index in [1.807, 2.05) is 6.07 Å². The zero-order chi connectivity index (χ0) is 21.5. The number of benzene rings is 2. The Bertz CT molecular complexity index is 1030. The Kier molecular flexibility index (Phi) is 5.15. The SMILES string of the molecule is O=C(C=C1CCOc2cc(C(F)(F)F)c(F)cc21)Nc1cccc2c1CC(O)CN2. The van der Waals surface area contributed by atoms with Crippen molar-refractivity contribution in [3.8, 4) is 5.75 Å². The molecule has 158 valence electrons. The minimum atomic E-state index is -4.84. The first-order chi connectivity index (χ1) is 14.2. The van der Waals surface area contributed by atoms with Gasteiger partial charge in [-0.2, -0.15) is 13.2 Å². The van der Waals surface area contributed by atoms with Crippen LogP contribution in [0.25, 0.3) is 5.57 Å². The molecule has 0 aromatic heterocycles. The summed E-state index contributed by atoms with van der Waals surface area (Å²) >= 11 is 0. The second kappa shape index (κ2) is 7.64. The molecule has 9 heteroatoms. The van der Waals surface area contributed by atoms with Crippen LogP contribution in [0.15, 0.2) is 36.4 Å². The summed E-state index contributed by atoms with van der Waals surface area (Å²) in [6.07, 6.45) is -3.57. The van der Waals surface area contributed by atoms with Crippen molar-refractivity contribution in [2.75, 3.05) is 23.8 Å². The van der Waals surface area contributed by atoms with Crippen molar-refractivity contribution in [2.24, 2.45) is 0 Å². The molecule has 3 N–H and O–H groups in total. The van der Waals surface area contributed by atoms with Crippen LogP contribution in [0.3, 0.4) is 0 Å². The molecule has 4 rings (SSSR count). The van der Waals surface area contributed by atoms with Crippen LogP contribution in [0.4, 0.5) is 28.9 Å². The number of amides is 1. The Morgan fingerprint density at radius 3 is 2.87 bits per heavy atom. The zero-order valence-electron chi connectivity index (χ0n) is 15.6. The monoisotopic (exact) mass is 422 g/mol. The molecular weight excluding hydrogens is 404 g/mol. The second-order valence-electron chi connectivity index (χ2n) is 7.15. The number of nitrogens with one attached hydrogen (secondary N) is 2. The number of alkyl halides is 3. The van der Waals surface area contributed by atoms with Crippen molar-refractivity contribution in [1.29, 1.82) is 0 Å². The Hall–Kier alpha value is -3.07. The third kappa shape index (κ3) is 3.97. The number of ether oxygens (including phenoxy) is 1. The molecule has 0 aliphatic carbocycles. The van der Waals surface area contributed by atoms with E-state index in [0.29, 0.717) is 30.3 Å². The lowest BCUT2D eigenvalue weighted by Crippen LogP contribution is -2.28. The van der Waals surface area contributed by atoms with Crippen LogP contribution >= 0.6 is 0 Å². The Labute approximate surface area is 169 Å². The number of β-amino-alcohol motifs (C(OH)–C–C–N with tert-alkyl or cyclic N) is 1. The minimum absolute atomic E-state index is 0.0753. The van der Waals surface area contributed by atoms with Crippen molar-refractivity contribution in [3.05, 3.63) is 58.9 Å². The molecule has 0 radical (unpaired) electrons. The largest absolute Gasteiger partial charge is 0.493 e. The van der Waals surface area contributed by atoms with Gasteiger partial charge in [0.25, 0.3) is 0 Å². The summed E-state index contributed by atoms with van der Waals surface area (Å²) in [5.41, 5.74) is 1.18. The fourth-order valence-corrected chi connectivity index (χ4v) is 3.65. The van der Waals surface area contributed by atoms with Gasteiger partial charge in [-0.15, -0.1) is 0 Å². The highest BCUT2D eigenvalue weighted by Gasteiger charge is 2.36. The molecule has 0 bridgehead atoms. The lowest BCUT2D eigenvalue weighted by atomic mass is 9.96. The van der Waals surface area contributed by atoms with E-state index in [2.05, 4.69) is 10.6 Å². The first-order valence-electron chi connectivity index (χ1n) is 9.31. The van der Waals surface area contributed by atoms with Crippen LogP contribution in [0, 0.1) is 5.82 Å². The third-order valence-electron chi connectivity index (χ3n) is 5.06. The van der Waals surface area contributed by atoms with Gasteiger partial charge in [0.2, 0.25) is 5.91 Å². The Morgan fingerprint density at radius 1 is 1.30 bits per heavy atom. The maximum atomic E-state index is 14.0. The number of fused-ring (bicyclic) bond motifs is 2. The number of rotatable bonds is 2. The molecule has 0 saturated heterocycles. The van der Waals surface area contributed by atoms with E-state index in [4.69, 9.17) is 4.74 Å². The van der Waals surface area contributed by atoms with Crippen LogP contribution in [-0.4, -0.2) is 30.3 Å². The summed E-state index contributed by atoms with van der Waals surface area (Å²) in [6, 6.07) is 6.66. The van der Waals surface area contributed by atoms with Gasteiger partial charge in [-0.1, -0.05) is 6.07 Å². The summed E-state index contributed by atoms with van der Waals surface area (Å²) in [5, 5.41) is 15.7. The normalized spacial score (nSPS) is 19.4. The van der Waals surface area contributed by atoms with Crippen molar-refractivity contribution >= 4 is 22.9 Å². The van der Waals surface area contributed by atoms with E-state index in [0.717, 1.165) is 17.3 Å². The highest BCUT2D eigenvalue weighted by atomic mass is 19.4. The molecule has 0 spiro atoms. The van der Waals surface area contributed by atoms with Gasteiger partial charge in [-0.3, -0.25) is 4.79 Å². The molecule has 1 amide bonds. The van der Waals surface area contributed by atoms with Crippen molar-refractivity contribution < 1.29 is 32.2 Å². The van der Waals surface area contributed by atoms with E-state index >= 15 is 0 Å². The number of aliphatic hydroxyl groups excluding tert-OH is 1. The highest BCUT2D eigenvalue weighted by molar-refractivity contribution is 6.05. The fraction of sp³-hybridized carbons (Fsp3) is 0.286. The summed E-state index contributed by atoms with van der Waals surface area (Å²) in [7, 11) is 0. The van der Waals surface area contributed by atoms with Gasteiger partial charge in [0.1, 0.15) is 11.6 Å². The molecule has 30 heavy (non-hydrogen) atoms. The lowest BCUT2D eigenvalue weighted by molar-refractivity contribution is -0.140. The molecule has 2 aromatic rings. The lowest BCUT2D eigenvalue weighted by Gasteiger charge is -2.25. The first kappa shape index (κ1) is 20.2. The van der Waals surface area contributed by atoms with Crippen LogP contribution in [0.2, 0.25) is 0 Å².